The first kappa shape index (κ1) is 14.1. The summed E-state index contributed by atoms with van der Waals surface area (Å²) in [7, 11) is 0. The van der Waals surface area contributed by atoms with Crippen molar-refractivity contribution in [2.75, 3.05) is 0 Å². The average molecular weight is 287 g/mol. The fourth-order valence-corrected chi connectivity index (χ4v) is 3.29. The molecule has 0 aliphatic heterocycles. The number of hydrogen-bond acceptors (Lipinski definition) is 2. The standard InChI is InChI=1S/C14H20Cl2N2/c1-9-5-7-10(8-6-9)14(18-17)11-3-2-4-12(15)13(11)16/h2-4,9-10,14,18H,5-8,17H2,1H3. The summed E-state index contributed by atoms with van der Waals surface area (Å²) < 4.78 is 0. The van der Waals surface area contributed by atoms with E-state index in [9.17, 15) is 0 Å². The smallest absolute Gasteiger partial charge is 0.0640 e. The Balaban J connectivity index is 2.20. The number of rotatable bonds is 3. The second-order valence-corrected chi connectivity index (χ2v) is 6.09. The van der Waals surface area contributed by atoms with Crippen molar-refractivity contribution in [3.8, 4) is 0 Å². The highest BCUT2D eigenvalue weighted by atomic mass is 35.5. The van der Waals surface area contributed by atoms with Crippen LogP contribution in [0, 0.1) is 11.8 Å². The highest BCUT2D eigenvalue weighted by Gasteiger charge is 2.28. The fraction of sp³-hybridized carbons (Fsp3) is 0.571. The summed E-state index contributed by atoms with van der Waals surface area (Å²) >= 11 is 12.4. The van der Waals surface area contributed by atoms with Crippen LogP contribution in [-0.4, -0.2) is 0 Å². The van der Waals surface area contributed by atoms with Gasteiger partial charge >= 0.3 is 0 Å². The number of nitrogens with two attached hydrogens (primary N) is 1. The van der Waals surface area contributed by atoms with E-state index in [4.69, 9.17) is 29.0 Å². The molecule has 1 aromatic carbocycles. The van der Waals surface area contributed by atoms with Crippen molar-refractivity contribution in [3.05, 3.63) is 33.8 Å². The minimum Gasteiger partial charge on any atom is -0.271 e. The van der Waals surface area contributed by atoms with E-state index in [1.807, 2.05) is 18.2 Å². The molecule has 1 saturated carbocycles. The first-order valence-corrected chi connectivity index (χ1v) is 7.29. The van der Waals surface area contributed by atoms with Crippen LogP contribution in [0.5, 0.6) is 0 Å². The Labute approximate surface area is 119 Å². The van der Waals surface area contributed by atoms with Crippen LogP contribution < -0.4 is 11.3 Å². The summed E-state index contributed by atoms with van der Waals surface area (Å²) in [5.41, 5.74) is 3.95. The maximum atomic E-state index is 6.29. The molecule has 1 unspecified atom stereocenters. The molecule has 0 bridgehead atoms. The lowest BCUT2D eigenvalue weighted by molar-refractivity contribution is 0.232. The van der Waals surface area contributed by atoms with Crippen LogP contribution in [0.25, 0.3) is 0 Å². The maximum Gasteiger partial charge on any atom is 0.0640 e. The van der Waals surface area contributed by atoms with Gasteiger partial charge in [0.05, 0.1) is 16.1 Å². The number of benzene rings is 1. The van der Waals surface area contributed by atoms with Crippen LogP contribution in [0.15, 0.2) is 18.2 Å². The van der Waals surface area contributed by atoms with Crippen molar-refractivity contribution >= 4 is 23.2 Å². The van der Waals surface area contributed by atoms with Crippen LogP contribution in [0.4, 0.5) is 0 Å². The molecule has 1 atom stereocenters. The summed E-state index contributed by atoms with van der Waals surface area (Å²) in [5, 5.41) is 1.22. The summed E-state index contributed by atoms with van der Waals surface area (Å²) in [6, 6.07) is 5.85. The molecule has 0 radical (unpaired) electrons. The number of hydrazine groups is 1. The molecular weight excluding hydrogens is 267 g/mol. The van der Waals surface area contributed by atoms with Gasteiger partial charge in [0.25, 0.3) is 0 Å². The van der Waals surface area contributed by atoms with Crippen molar-refractivity contribution in [3.63, 3.8) is 0 Å². The lowest BCUT2D eigenvalue weighted by Crippen LogP contribution is -2.35. The molecule has 1 aliphatic carbocycles. The Morgan fingerprint density at radius 3 is 2.50 bits per heavy atom. The maximum absolute atomic E-state index is 6.29. The lowest BCUT2D eigenvalue weighted by Gasteiger charge is -2.33. The van der Waals surface area contributed by atoms with Crippen molar-refractivity contribution in [1.29, 1.82) is 0 Å². The first-order valence-electron chi connectivity index (χ1n) is 6.53. The molecule has 2 nitrogen and oxygen atoms in total. The van der Waals surface area contributed by atoms with Crippen LogP contribution in [-0.2, 0) is 0 Å². The van der Waals surface area contributed by atoms with E-state index in [0.29, 0.717) is 16.0 Å². The van der Waals surface area contributed by atoms with Crippen LogP contribution >= 0.6 is 23.2 Å². The van der Waals surface area contributed by atoms with E-state index in [1.54, 1.807) is 0 Å². The van der Waals surface area contributed by atoms with Gasteiger partial charge in [0, 0.05) is 0 Å². The zero-order valence-electron chi connectivity index (χ0n) is 10.6. The minimum absolute atomic E-state index is 0.101. The summed E-state index contributed by atoms with van der Waals surface area (Å²) in [6.45, 7) is 2.31. The van der Waals surface area contributed by atoms with Gasteiger partial charge in [0.2, 0.25) is 0 Å². The minimum atomic E-state index is 0.101. The topological polar surface area (TPSA) is 38.0 Å². The van der Waals surface area contributed by atoms with E-state index in [0.717, 1.165) is 11.5 Å². The molecule has 1 fully saturated rings. The molecule has 1 aliphatic rings. The van der Waals surface area contributed by atoms with Gasteiger partial charge in [-0.05, 0) is 36.3 Å². The third kappa shape index (κ3) is 3.00. The molecule has 0 amide bonds. The summed E-state index contributed by atoms with van der Waals surface area (Å²) in [5.74, 6) is 7.11. The molecule has 100 valence electrons. The molecule has 1 aromatic rings. The van der Waals surface area contributed by atoms with E-state index in [2.05, 4.69) is 12.3 Å². The van der Waals surface area contributed by atoms with E-state index < -0.39 is 0 Å². The predicted molar refractivity (Wildman–Crippen MR) is 77.6 cm³/mol. The molecule has 0 spiro atoms. The van der Waals surface area contributed by atoms with Crippen LogP contribution in [0.2, 0.25) is 10.0 Å². The molecular formula is C14H20Cl2N2. The van der Waals surface area contributed by atoms with Crippen molar-refractivity contribution < 1.29 is 0 Å². The van der Waals surface area contributed by atoms with Gasteiger partial charge in [-0.15, -0.1) is 0 Å². The first-order chi connectivity index (χ1) is 8.63. The summed E-state index contributed by atoms with van der Waals surface area (Å²) in [6.07, 6.45) is 4.92. The van der Waals surface area contributed by atoms with Crippen molar-refractivity contribution in [2.45, 2.75) is 38.6 Å². The number of hydrogen-bond donors (Lipinski definition) is 2. The SMILES string of the molecule is CC1CCC(C(NN)c2cccc(Cl)c2Cl)CC1. The van der Waals surface area contributed by atoms with E-state index in [-0.39, 0.29) is 6.04 Å². The van der Waals surface area contributed by atoms with Gasteiger partial charge in [-0.1, -0.05) is 55.1 Å². The second-order valence-electron chi connectivity index (χ2n) is 5.31. The van der Waals surface area contributed by atoms with Crippen molar-refractivity contribution in [2.24, 2.45) is 17.7 Å². The molecule has 2 rings (SSSR count). The molecule has 0 aromatic heterocycles. The monoisotopic (exact) mass is 286 g/mol. The zero-order chi connectivity index (χ0) is 13.1. The largest absolute Gasteiger partial charge is 0.271 e. The molecule has 0 heterocycles. The molecule has 3 N–H and O–H groups in total. The summed E-state index contributed by atoms with van der Waals surface area (Å²) in [4.78, 5) is 0. The van der Waals surface area contributed by atoms with Gasteiger partial charge in [0.15, 0.2) is 0 Å². The Morgan fingerprint density at radius 1 is 1.22 bits per heavy atom. The van der Waals surface area contributed by atoms with Crippen LogP contribution in [0.1, 0.15) is 44.2 Å². The van der Waals surface area contributed by atoms with Crippen LogP contribution in [0.3, 0.4) is 0 Å². The lowest BCUT2D eigenvalue weighted by atomic mass is 9.77. The van der Waals surface area contributed by atoms with E-state index in [1.165, 1.54) is 25.7 Å². The molecule has 0 saturated heterocycles. The van der Waals surface area contributed by atoms with Gasteiger partial charge in [0.1, 0.15) is 0 Å². The Bertz CT molecular complexity index is 401. The molecule has 18 heavy (non-hydrogen) atoms. The average Bonchev–Trinajstić information content (AvgIpc) is 2.37. The Hall–Kier alpha value is -0.280. The fourth-order valence-electron chi connectivity index (χ4n) is 2.86. The van der Waals surface area contributed by atoms with E-state index >= 15 is 0 Å². The normalized spacial score (nSPS) is 26.0. The quantitative estimate of drug-likeness (QED) is 0.641. The highest BCUT2D eigenvalue weighted by Crippen LogP contribution is 2.39. The molecule has 4 heteroatoms. The van der Waals surface area contributed by atoms with Gasteiger partial charge in [-0.3, -0.25) is 11.3 Å². The van der Waals surface area contributed by atoms with Gasteiger partial charge < -0.3 is 0 Å². The zero-order valence-corrected chi connectivity index (χ0v) is 12.1. The third-order valence-electron chi connectivity index (χ3n) is 4.03. The Kier molecular flexibility index (Phi) is 4.91. The number of halogens is 2. The van der Waals surface area contributed by atoms with Gasteiger partial charge in [-0.2, -0.15) is 0 Å². The van der Waals surface area contributed by atoms with Gasteiger partial charge in [-0.25, -0.2) is 0 Å². The number of nitrogens with one attached hydrogen (secondary N) is 1. The Morgan fingerprint density at radius 2 is 1.89 bits per heavy atom. The van der Waals surface area contributed by atoms with Crippen molar-refractivity contribution in [1.82, 2.24) is 5.43 Å². The second kappa shape index (κ2) is 6.25. The third-order valence-corrected chi connectivity index (χ3v) is 4.86. The predicted octanol–water partition coefficient (Wildman–Crippen LogP) is 4.32. The highest BCUT2D eigenvalue weighted by molar-refractivity contribution is 6.42.